The van der Waals surface area contributed by atoms with E-state index in [0.717, 1.165) is 38.5 Å². The summed E-state index contributed by atoms with van der Waals surface area (Å²) >= 11 is 6.66. The van der Waals surface area contributed by atoms with Crippen LogP contribution in [-0.4, -0.2) is 22.0 Å². The minimum absolute atomic E-state index is 0.0423. The number of aromatic nitrogens is 2. The maximum atomic E-state index is 12.3. The Bertz CT molecular complexity index is 950. The van der Waals surface area contributed by atoms with Crippen molar-refractivity contribution < 1.29 is 9.53 Å². The van der Waals surface area contributed by atoms with Gasteiger partial charge < -0.3 is 10.1 Å². The number of carbonyl (C=O) groups is 1. The summed E-state index contributed by atoms with van der Waals surface area (Å²) in [5, 5.41) is 7.88. The van der Waals surface area contributed by atoms with Gasteiger partial charge in [0, 0.05) is 34.0 Å². The van der Waals surface area contributed by atoms with E-state index in [-0.39, 0.29) is 18.4 Å². The monoisotopic (exact) mass is 477 g/mol. The van der Waals surface area contributed by atoms with Gasteiger partial charge in [-0.15, -0.1) is 22.7 Å². The smallest absolute Gasteiger partial charge is 0.226 e. The number of thiazole rings is 1. The second-order valence-electron chi connectivity index (χ2n) is 6.75. The maximum Gasteiger partial charge on any atom is 0.226 e. The number of hydrogen-bond donors (Lipinski definition) is 1. The summed E-state index contributed by atoms with van der Waals surface area (Å²) in [6.45, 7) is 0.456. The number of nitrogens with zero attached hydrogens (tertiary/aromatic N) is 2. The van der Waals surface area contributed by atoms with Gasteiger partial charge in [-0.25, -0.2) is 9.97 Å². The van der Waals surface area contributed by atoms with Crippen LogP contribution in [0, 0.1) is 0 Å². The molecular formula is C20H20BrN3O2S2. The SMILES string of the molecule is O=C(Cc1csc(-c2cc(Br)cs2)n1)NCc1ccnc(OC2CCCC2)c1. The maximum absolute atomic E-state index is 12.3. The Hall–Kier alpha value is -1.77. The van der Waals surface area contributed by atoms with Gasteiger partial charge in [-0.05, 0) is 59.3 Å². The Morgan fingerprint density at radius 3 is 2.89 bits per heavy atom. The molecule has 5 nitrogen and oxygen atoms in total. The lowest BCUT2D eigenvalue weighted by Gasteiger charge is -2.12. The van der Waals surface area contributed by atoms with E-state index >= 15 is 0 Å². The van der Waals surface area contributed by atoms with Crippen molar-refractivity contribution in [3.63, 3.8) is 0 Å². The standard InChI is InChI=1S/C20H20BrN3O2S2/c21-14-8-17(27-11-14)20-24-15(12-28-20)9-18(25)23-10-13-5-6-22-19(7-13)26-16-3-1-2-4-16/h5-8,11-12,16H,1-4,9-10H2,(H,23,25). The minimum atomic E-state index is -0.0423. The van der Waals surface area contributed by atoms with Crippen molar-refractivity contribution >= 4 is 44.5 Å². The summed E-state index contributed by atoms with van der Waals surface area (Å²) in [6.07, 6.45) is 6.93. The summed E-state index contributed by atoms with van der Waals surface area (Å²) in [4.78, 5) is 22.3. The van der Waals surface area contributed by atoms with Crippen molar-refractivity contribution in [3.05, 3.63) is 50.9 Å². The zero-order valence-corrected chi connectivity index (χ0v) is 18.4. The average Bonchev–Trinajstić information content (AvgIpc) is 3.43. The Labute approximate surface area is 180 Å². The van der Waals surface area contributed by atoms with Gasteiger partial charge in [0.15, 0.2) is 0 Å². The molecule has 8 heteroatoms. The van der Waals surface area contributed by atoms with Crippen molar-refractivity contribution in [1.29, 1.82) is 0 Å². The van der Waals surface area contributed by atoms with Gasteiger partial charge in [0.25, 0.3) is 0 Å². The predicted molar refractivity (Wildman–Crippen MR) is 116 cm³/mol. The van der Waals surface area contributed by atoms with Gasteiger partial charge in [-0.3, -0.25) is 4.79 Å². The molecule has 1 aliphatic carbocycles. The third kappa shape index (κ3) is 5.18. The molecule has 0 radical (unpaired) electrons. The van der Waals surface area contributed by atoms with Crippen molar-refractivity contribution in [2.75, 3.05) is 0 Å². The zero-order valence-electron chi connectivity index (χ0n) is 15.2. The average molecular weight is 478 g/mol. The Balaban J connectivity index is 1.29. The van der Waals surface area contributed by atoms with Crippen LogP contribution in [0.1, 0.15) is 36.9 Å². The van der Waals surface area contributed by atoms with E-state index in [2.05, 4.69) is 31.2 Å². The topological polar surface area (TPSA) is 64.1 Å². The molecule has 0 aromatic carbocycles. The first-order chi connectivity index (χ1) is 13.7. The van der Waals surface area contributed by atoms with Crippen LogP contribution in [0.3, 0.4) is 0 Å². The Kier molecular flexibility index (Phi) is 6.39. The zero-order chi connectivity index (χ0) is 19.3. The lowest BCUT2D eigenvalue weighted by molar-refractivity contribution is -0.120. The molecule has 0 aliphatic heterocycles. The van der Waals surface area contributed by atoms with Crippen LogP contribution in [0.25, 0.3) is 9.88 Å². The predicted octanol–water partition coefficient (Wildman–Crippen LogP) is 5.21. The van der Waals surface area contributed by atoms with Crippen LogP contribution < -0.4 is 10.1 Å². The number of amides is 1. The quantitative estimate of drug-likeness (QED) is 0.507. The minimum Gasteiger partial charge on any atom is -0.474 e. The number of thiophene rings is 1. The van der Waals surface area contributed by atoms with Crippen molar-refractivity contribution in [3.8, 4) is 15.8 Å². The van der Waals surface area contributed by atoms with Crippen LogP contribution in [0.5, 0.6) is 5.88 Å². The molecule has 1 N–H and O–H groups in total. The van der Waals surface area contributed by atoms with E-state index in [1.165, 1.54) is 12.8 Å². The van der Waals surface area contributed by atoms with Gasteiger partial charge in [0.05, 0.1) is 17.0 Å². The van der Waals surface area contributed by atoms with E-state index in [4.69, 9.17) is 4.74 Å². The van der Waals surface area contributed by atoms with Crippen LogP contribution in [0.2, 0.25) is 0 Å². The second-order valence-corrected chi connectivity index (χ2v) is 9.44. The molecule has 0 atom stereocenters. The van der Waals surface area contributed by atoms with E-state index < -0.39 is 0 Å². The summed E-state index contributed by atoms with van der Waals surface area (Å²) in [7, 11) is 0. The highest BCUT2D eigenvalue weighted by atomic mass is 79.9. The fourth-order valence-corrected chi connectivity index (χ4v) is 5.48. The summed E-state index contributed by atoms with van der Waals surface area (Å²) in [6, 6.07) is 5.85. The molecule has 28 heavy (non-hydrogen) atoms. The number of hydrogen-bond acceptors (Lipinski definition) is 6. The third-order valence-corrected chi connectivity index (χ3v) is 7.30. The Morgan fingerprint density at radius 1 is 1.25 bits per heavy atom. The van der Waals surface area contributed by atoms with Gasteiger partial charge in [-0.1, -0.05) is 0 Å². The summed E-state index contributed by atoms with van der Waals surface area (Å²) in [5.74, 6) is 0.601. The highest BCUT2D eigenvalue weighted by molar-refractivity contribution is 9.10. The van der Waals surface area contributed by atoms with Gasteiger partial charge in [0.1, 0.15) is 11.1 Å². The molecule has 0 bridgehead atoms. The highest BCUT2D eigenvalue weighted by Crippen LogP contribution is 2.32. The van der Waals surface area contributed by atoms with E-state index in [9.17, 15) is 4.79 Å². The molecule has 0 saturated heterocycles. The summed E-state index contributed by atoms with van der Waals surface area (Å²) < 4.78 is 6.98. The van der Waals surface area contributed by atoms with E-state index in [1.807, 2.05) is 29.0 Å². The lowest BCUT2D eigenvalue weighted by atomic mass is 10.2. The number of carbonyl (C=O) groups excluding carboxylic acids is 1. The fourth-order valence-electron chi connectivity index (χ4n) is 3.16. The molecule has 3 aromatic heterocycles. The van der Waals surface area contributed by atoms with Crippen molar-refractivity contribution in [1.82, 2.24) is 15.3 Å². The first-order valence-corrected chi connectivity index (χ1v) is 11.8. The summed E-state index contributed by atoms with van der Waals surface area (Å²) in [5.41, 5.74) is 1.78. The van der Waals surface area contributed by atoms with Gasteiger partial charge in [-0.2, -0.15) is 0 Å². The first kappa shape index (κ1) is 19.5. The number of pyridine rings is 1. The fraction of sp³-hybridized carbons (Fsp3) is 0.350. The van der Waals surface area contributed by atoms with Gasteiger partial charge in [0.2, 0.25) is 11.8 Å². The lowest BCUT2D eigenvalue weighted by Crippen LogP contribution is -2.24. The van der Waals surface area contributed by atoms with Crippen LogP contribution >= 0.6 is 38.6 Å². The highest BCUT2D eigenvalue weighted by Gasteiger charge is 2.17. The molecule has 3 aromatic rings. The van der Waals surface area contributed by atoms with E-state index in [0.29, 0.717) is 12.4 Å². The molecule has 0 spiro atoms. The van der Waals surface area contributed by atoms with Crippen LogP contribution in [0.4, 0.5) is 0 Å². The number of nitrogens with one attached hydrogen (secondary N) is 1. The number of ether oxygens (including phenoxy) is 1. The molecule has 1 aliphatic rings. The molecule has 3 heterocycles. The molecule has 4 rings (SSSR count). The molecular weight excluding hydrogens is 458 g/mol. The molecule has 146 valence electrons. The molecule has 1 fully saturated rings. The molecule has 1 saturated carbocycles. The largest absolute Gasteiger partial charge is 0.474 e. The van der Waals surface area contributed by atoms with Crippen LogP contribution in [-0.2, 0) is 17.8 Å². The van der Waals surface area contributed by atoms with Crippen molar-refractivity contribution in [2.24, 2.45) is 0 Å². The molecule has 0 unspecified atom stereocenters. The van der Waals surface area contributed by atoms with E-state index in [1.54, 1.807) is 28.9 Å². The Morgan fingerprint density at radius 2 is 2.11 bits per heavy atom. The normalized spacial score (nSPS) is 14.3. The molecule has 1 amide bonds. The number of halogens is 1. The van der Waals surface area contributed by atoms with Gasteiger partial charge >= 0.3 is 0 Å². The number of rotatable bonds is 7. The first-order valence-electron chi connectivity index (χ1n) is 9.23. The van der Waals surface area contributed by atoms with Crippen LogP contribution in [0.15, 0.2) is 39.6 Å². The third-order valence-electron chi connectivity index (χ3n) is 4.55. The second kappa shape index (κ2) is 9.15. The van der Waals surface area contributed by atoms with Crippen molar-refractivity contribution in [2.45, 2.75) is 44.8 Å².